The van der Waals surface area contributed by atoms with Gasteiger partial charge in [-0.25, -0.2) is 0 Å². The average molecular weight is 398 g/mol. The first-order chi connectivity index (χ1) is 12.6. The molecule has 2 aliphatic rings. The zero-order chi connectivity index (χ0) is 18.4. The lowest BCUT2D eigenvalue weighted by Crippen LogP contribution is -2.44. The molecule has 0 unspecified atom stereocenters. The molecule has 2 heterocycles. The van der Waals surface area contributed by atoms with Gasteiger partial charge in [-0.1, -0.05) is 0 Å². The molecule has 0 bridgehead atoms. The van der Waals surface area contributed by atoms with Gasteiger partial charge in [0.05, 0.1) is 4.92 Å². The van der Waals surface area contributed by atoms with E-state index >= 15 is 0 Å². The Labute approximate surface area is 165 Å². The summed E-state index contributed by atoms with van der Waals surface area (Å²) < 4.78 is 0. The highest BCUT2D eigenvalue weighted by atomic mass is 35.5. The highest BCUT2D eigenvalue weighted by Gasteiger charge is 2.23. The third-order valence-corrected chi connectivity index (χ3v) is 5.03. The number of halogens is 1. The molecule has 2 saturated heterocycles. The number of rotatable bonds is 7. The summed E-state index contributed by atoms with van der Waals surface area (Å²) in [6, 6.07) is 4.80. The number of nitrogens with zero attached hydrogens (tertiary/aromatic N) is 3. The monoisotopic (exact) mass is 397 g/mol. The van der Waals surface area contributed by atoms with Crippen LogP contribution >= 0.6 is 12.4 Å². The smallest absolute Gasteiger partial charge is 0.293 e. The molecule has 1 amide bonds. The van der Waals surface area contributed by atoms with Crippen LogP contribution in [0.15, 0.2) is 18.2 Å². The van der Waals surface area contributed by atoms with E-state index in [2.05, 4.69) is 15.5 Å². The maximum atomic E-state index is 12.3. The Balaban J connectivity index is 0.00000261. The Morgan fingerprint density at radius 3 is 2.56 bits per heavy atom. The standard InChI is InChI=1S/C18H27N5O3.ClH/c24-18(20-6-3-9-21-12-7-19-8-13-21)15-4-5-16(17(14-15)23(25)26)22-10-1-2-11-22;/h4-5,14,19H,1-3,6-13H2,(H,20,24);1H. The van der Waals surface area contributed by atoms with Crippen molar-refractivity contribution in [3.8, 4) is 0 Å². The topological polar surface area (TPSA) is 90.8 Å². The van der Waals surface area contributed by atoms with E-state index < -0.39 is 4.92 Å². The molecule has 0 aliphatic carbocycles. The maximum Gasteiger partial charge on any atom is 0.293 e. The molecule has 2 N–H and O–H groups in total. The molecule has 0 aromatic heterocycles. The summed E-state index contributed by atoms with van der Waals surface area (Å²) in [4.78, 5) is 27.8. The van der Waals surface area contributed by atoms with Crippen LogP contribution in [0.3, 0.4) is 0 Å². The number of benzene rings is 1. The van der Waals surface area contributed by atoms with Gasteiger partial charge < -0.3 is 20.4 Å². The molecule has 1 aromatic rings. The highest BCUT2D eigenvalue weighted by molar-refractivity contribution is 5.95. The van der Waals surface area contributed by atoms with E-state index in [1.165, 1.54) is 6.07 Å². The molecule has 0 radical (unpaired) electrons. The third kappa shape index (κ3) is 5.79. The second-order valence-corrected chi connectivity index (χ2v) is 6.86. The normalized spacial score (nSPS) is 17.4. The Hall–Kier alpha value is -1.90. The van der Waals surface area contributed by atoms with Crippen molar-refractivity contribution >= 4 is 29.7 Å². The lowest BCUT2D eigenvalue weighted by atomic mass is 10.1. The maximum absolute atomic E-state index is 12.3. The van der Waals surface area contributed by atoms with Crippen LogP contribution in [0, 0.1) is 10.1 Å². The lowest BCUT2D eigenvalue weighted by Gasteiger charge is -2.27. The fourth-order valence-corrected chi connectivity index (χ4v) is 3.58. The Morgan fingerprint density at radius 2 is 1.89 bits per heavy atom. The number of amides is 1. The lowest BCUT2D eigenvalue weighted by molar-refractivity contribution is -0.384. The van der Waals surface area contributed by atoms with E-state index in [0.717, 1.165) is 65.1 Å². The van der Waals surface area contributed by atoms with E-state index in [4.69, 9.17) is 0 Å². The van der Waals surface area contributed by atoms with Crippen LogP contribution in [-0.2, 0) is 0 Å². The molecule has 8 nitrogen and oxygen atoms in total. The van der Waals surface area contributed by atoms with Gasteiger partial charge in [-0.3, -0.25) is 14.9 Å². The number of nitrogens with one attached hydrogen (secondary N) is 2. The van der Waals surface area contributed by atoms with Crippen molar-refractivity contribution in [2.24, 2.45) is 0 Å². The van der Waals surface area contributed by atoms with Crippen LogP contribution in [0.5, 0.6) is 0 Å². The summed E-state index contributed by atoms with van der Waals surface area (Å²) in [7, 11) is 0. The second-order valence-electron chi connectivity index (χ2n) is 6.86. The van der Waals surface area contributed by atoms with E-state index in [0.29, 0.717) is 17.8 Å². The van der Waals surface area contributed by atoms with Crippen molar-refractivity contribution in [2.45, 2.75) is 19.3 Å². The summed E-state index contributed by atoms with van der Waals surface area (Å²) >= 11 is 0. The van der Waals surface area contributed by atoms with E-state index in [-0.39, 0.29) is 24.0 Å². The molecule has 0 atom stereocenters. The van der Waals surface area contributed by atoms with Crippen LogP contribution in [0.2, 0.25) is 0 Å². The van der Waals surface area contributed by atoms with Crippen LogP contribution in [0.1, 0.15) is 29.6 Å². The summed E-state index contributed by atoms with van der Waals surface area (Å²) in [6.45, 7) is 7.30. The number of nitro benzene ring substituents is 1. The summed E-state index contributed by atoms with van der Waals surface area (Å²) in [5.74, 6) is -0.249. The first-order valence-corrected chi connectivity index (χ1v) is 9.40. The number of hydrogen-bond acceptors (Lipinski definition) is 6. The summed E-state index contributed by atoms with van der Waals surface area (Å²) in [5.41, 5.74) is 0.977. The molecule has 150 valence electrons. The van der Waals surface area contributed by atoms with Gasteiger partial charge in [0, 0.05) is 57.4 Å². The van der Waals surface area contributed by atoms with Crippen LogP contribution in [0.4, 0.5) is 11.4 Å². The summed E-state index contributed by atoms with van der Waals surface area (Å²) in [5, 5.41) is 17.6. The molecule has 0 spiro atoms. The van der Waals surface area contributed by atoms with Gasteiger partial charge in [-0.15, -0.1) is 12.4 Å². The number of hydrogen-bond donors (Lipinski definition) is 2. The largest absolute Gasteiger partial charge is 0.366 e. The number of carbonyl (C=O) groups is 1. The van der Waals surface area contributed by atoms with Gasteiger partial charge in [-0.05, 0) is 37.9 Å². The molecule has 3 rings (SSSR count). The molecule has 1 aromatic carbocycles. The van der Waals surface area contributed by atoms with Crippen molar-refractivity contribution in [2.75, 3.05) is 57.3 Å². The van der Waals surface area contributed by atoms with E-state index in [1.807, 2.05) is 4.90 Å². The quantitative estimate of drug-likeness (QED) is 0.413. The Morgan fingerprint density at radius 1 is 1.19 bits per heavy atom. The molecule has 0 saturated carbocycles. The first kappa shape index (κ1) is 21.4. The second kappa shape index (κ2) is 10.4. The zero-order valence-corrected chi connectivity index (χ0v) is 16.3. The van der Waals surface area contributed by atoms with Crippen molar-refractivity contribution in [3.05, 3.63) is 33.9 Å². The minimum Gasteiger partial charge on any atom is -0.366 e. The highest BCUT2D eigenvalue weighted by Crippen LogP contribution is 2.31. The fourth-order valence-electron chi connectivity index (χ4n) is 3.58. The summed E-state index contributed by atoms with van der Waals surface area (Å²) in [6.07, 6.45) is 2.97. The number of nitro groups is 1. The Kier molecular flexibility index (Phi) is 8.27. The minimum absolute atomic E-state index is 0. The first-order valence-electron chi connectivity index (χ1n) is 9.40. The van der Waals surface area contributed by atoms with Crippen molar-refractivity contribution in [3.63, 3.8) is 0 Å². The molecule has 27 heavy (non-hydrogen) atoms. The van der Waals surface area contributed by atoms with Gasteiger partial charge in [0.2, 0.25) is 0 Å². The van der Waals surface area contributed by atoms with Crippen LogP contribution in [0.25, 0.3) is 0 Å². The average Bonchev–Trinajstić information content (AvgIpc) is 3.20. The third-order valence-electron chi connectivity index (χ3n) is 5.03. The van der Waals surface area contributed by atoms with Gasteiger partial charge >= 0.3 is 0 Å². The molecule has 2 aliphatic heterocycles. The van der Waals surface area contributed by atoms with Crippen molar-refractivity contribution in [1.29, 1.82) is 0 Å². The van der Waals surface area contributed by atoms with E-state index in [9.17, 15) is 14.9 Å². The predicted molar refractivity (Wildman–Crippen MR) is 108 cm³/mol. The molecule has 2 fully saturated rings. The molecular formula is C18H28ClN5O3. The van der Waals surface area contributed by atoms with Crippen LogP contribution < -0.4 is 15.5 Å². The van der Waals surface area contributed by atoms with Gasteiger partial charge in [0.15, 0.2) is 0 Å². The van der Waals surface area contributed by atoms with Gasteiger partial charge in [0.25, 0.3) is 11.6 Å². The van der Waals surface area contributed by atoms with Crippen molar-refractivity contribution in [1.82, 2.24) is 15.5 Å². The number of anilines is 1. The van der Waals surface area contributed by atoms with Crippen LogP contribution in [-0.4, -0.2) is 68.1 Å². The zero-order valence-electron chi connectivity index (χ0n) is 15.5. The SMILES string of the molecule is Cl.O=C(NCCCN1CCNCC1)c1ccc(N2CCCC2)c([N+](=O)[O-])c1. The number of piperazine rings is 1. The fraction of sp³-hybridized carbons (Fsp3) is 0.611. The predicted octanol–water partition coefficient (Wildman–Crippen LogP) is 1.64. The molecule has 9 heteroatoms. The van der Waals surface area contributed by atoms with Crippen molar-refractivity contribution < 1.29 is 9.72 Å². The van der Waals surface area contributed by atoms with Gasteiger partial charge in [-0.2, -0.15) is 0 Å². The Bertz CT molecular complexity index is 646. The number of carbonyl (C=O) groups excluding carboxylic acids is 1. The minimum atomic E-state index is -0.394. The van der Waals surface area contributed by atoms with E-state index in [1.54, 1.807) is 12.1 Å². The van der Waals surface area contributed by atoms with Gasteiger partial charge in [0.1, 0.15) is 5.69 Å². The molecular weight excluding hydrogens is 370 g/mol.